The molecule has 0 aromatic heterocycles. The van der Waals surface area contributed by atoms with E-state index in [1.807, 2.05) is 26.0 Å². The number of nitrogens with one attached hydrogen (secondary N) is 1. The molecule has 0 saturated carbocycles. The fraction of sp³-hybridized carbons (Fsp3) is 0.450. The molecule has 0 radical (unpaired) electrons. The first kappa shape index (κ1) is 21.0. The summed E-state index contributed by atoms with van der Waals surface area (Å²) in [6.45, 7) is 6.27. The van der Waals surface area contributed by atoms with Crippen molar-refractivity contribution in [2.24, 2.45) is 5.92 Å². The highest BCUT2D eigenvalue weighted by molar-refractivity contribution is 6.31. The normalized spacial score (nSPS) is 16.4. The van der Waals surface area contributed by atoms with Gasteiger partial charge in [-0.3, -0.25) is 14.4 Å². The smallest absolute Gasteiger partial charge is 0.325 e. The number of carbonyl (C=O) groups excluding carboxylic acids is 2. The molecule has 0 unspecified atom stereocenters. The third-order valence-electron chi connectivity index (χ3n) is 4.86. The molecule has 1 aliphatic heterocycles. The lowest BCUT2D eigenvalue weighted by Crippen LogP contribution is -2.46. The lowest BCUT2D eigenvalue weighted by atomic mass is 9.95. The molecular weight excluding hydrogens is 368 g/mol. The van der Waals surface area contributed by atoms with Gasteiger partial charge in [-0.2, -0.15) is 0 Å². The van der Waals surface area contributed by atoms with Gasteiger partial charge < -0.3 is 15.3 Å². The van der Waals surface area contributed by atoms with Crippen molar-refractivity contribution < 1.29 is 19.5 Å². The van der Waals surface area contributed by atoms with E-state index in [4.69, 9.17) is 16.7 Å². The number of aliphatic carboxylic acids is 1. The molecule has 146 valence electrons. The van der Waals surface area contributed by atoms with Gasteiger partial charge in [0, 0.05) is 30.1 Å². The zero-order valence-corrected chi connectivity index (χ0v) is 16.5. The lowest BCUT2D eigenvalue weighted by Gasteiger charge is -2.31. The Balaban J connectivity index is 1.90. The van der Waals surface area contributed by atoms with Gasteiger partial charge in [0.25, 0.3) is 0 Å². The van der Waals surface area contributed by atoms with Crippen molar-refractivity contribution in [2.75, 3.05) is 13.1 Å². The first-order valence-electron chi connectivity index (χ1n) is 8.96. The van der Waals surface area contributed by atoms with Crippen LogP contribution >= 0.6 is 11.6 Å². The average molecular weight is 393 g/mol. The predicted octanol–water partition coefficient (Wildman–Crippen LogP) is 2.80. The van der Waals surface area contributed by atoms with Crippen molar-refractivity contribution in [1.29, 1.82) is 0 Å². The number of carboxylic acid groups (broad SMARTS) is 1. The van der Waals surface area contributed by atoms with Gasteiger partial charge >= 0.3 is 5.97 Å². The molecule has 6 nitrogen and oxygen atoms in total. The maximum Gasteiger partial charge on any atom is 0.325 e. The molecule has 0 spiro atoms. The Labute approximate surface area is 164 Å². The number of carbonyl (C=O) groups is 3. The molecule has 2 N–H and O–H groups in total. The maximum absolute atomic E-state index is 12.4. The van der Waals surface area contributed by atoms with Gasteiger partial charge in [-0.1, -0.05) is 17.7 Å². The Morgan fingerprint density at radius 1 is 1.22 bits per heavy atom. The standard InChI is InChI=1S/C20H25ClN2O4/c1-12-10-13(2)17(21)11-16(12)4-5-18(24)23-8-6-15(7-9-23)19(25)22-14(3)20(26)27/h4-5,10-11,14-15H,6-9H2,1-3H3,(H,22,25)(H,26,27)/b5-4+/t14-/m0/s1. The second kappa shape index (κ2) is 9.04. The summed E-state index contributed by atoms with van der Waals surface area (Å²) in [7, 11) is 0. The van der Waals surface area contributed by atoms with Gasteiger partial charge in [-0.05, 0) is 62.4 Å². The summed E-state index contributed by atoms with van der Waals surface area (Å²) in [4.78, 5) is 37.0. The van der Waals surface area contributed by atoms with Crippen molar-refractivity contribution >= 4 is 35.5 Å². The van der Waals surface area contributed by atoms with E-state index in [1.165, 1.54) is 13.0 Å². The summed E-state index contributed by atoms with van der Waals surface area (Å²) >= 11 is 6.15. The fourth-order valence-corrected chi connectivity index (χ4v) is 3.21. The summed E-state index contributed by atoms with van der Waals surface area (Å²) in [5.74, 6) is -1.70. The molecule has 1 aromatic carbocycles. The Bertz CT molecular complexity index is 767. The minimum Gasteiger partial charge on any atom is -0.480 e. The third kappa shape index (κ3) is 5.57. The summed E-state index contributed by atoms with van der Waals surface area (Å²) in [5.41, 5.74) is 2.94. The van der Waals surface area contributed by atoms with Crippen LogP contribution in [0, 0.1) is 19.8 Å². The zero-order valence-electron chi connectivity index (χ0n) is 15.8. The van der Waals surface area contributed by atoms with Gasteiger partial charge in [0.15, 0.2) is 0 Å². The van der Waals surface area contributed by atoms with Crippen molar-refractivity contribution in [1.82, 2.24) is 10.2 Å². The second-order valence-corrected chi connectivity index (χ2v) is 7.37. The molecule has 1 aromatic rings. The van der Waals surface area contributed by atoms with Crippen LogP contribution in [0.25, 0.3) is 6.08 Å². The van der Waals surface area contributed by atoms with Crippen LogP contribution in [0.1, 0.15) is 36.5 Å². The number of rotatable bonds is 5. The predicted molar refractivity (Wildman–Crippen MR) is 105 cm³/mol. The highest BCUT2D eigenvalue weighted by Gasteiger charge is 2.28. The summed E-state index contributed by atoms with van der Waals surface area (Å²) in [6, 6.07) is 2.91. The summed E-state index contributed by atoms with van der Waals surface area (Å²) < 4.78 is 0. The van der Waals surface area contributed by atoms with Crippen molar-refractivity contribution in [3.8, 4) is 0 Å². The summed E-state index contributed by atoms with van der Waals surface area (Å²) in [6.07, 6.45) is 4.33. The van der Waals surface area contributed by atoms with Gasteiger partial charge in [0.1, 0.15) is 6.04 Å². The Morgan fingerprint density at radius 3 is 2.44 bits per heavy atom. The minimum atomic E-state index is -1.06. The minimum absolute atomic E-state index is 0.108. The number of piperidine rings is 1. The van der Waals surface area contributed by atoms with Gasteiger partial charge in [-0.15, -0.1) is 0 Å². The number of benzene rings is 1. The highest BCUT2D eigenvalue weighted by atomic mass is 35.5. The van der Waals surface area contributed by atoms with Crippen LogP contribution in [-0.2, 0) is 14.4 Å². The van der Waals surface area contributed by atoms with E-state index in [2.05, 4.69) is 5.32 Å². The van der Waals surface area contributed by atoms with E-state index in [1.54, 1.807) is 11.0 Å². The zero-order chi connectivity index (χ0) is 20.1. The molecular formula is C20H25ClN2O4. The Hall–Kier alpha value is -2.34. The van der Waals surface area contributed by atoms with E-state index < -0.39 is 12.0 Å². The van der Waals surface area contributed by atoms with Crippen LogP contribution in [0.4, 0.5) is 0 Å². The number of amides is 2. The van der Waals surface area contributed by atoms with E-state index in [0.717, 1.165) is 16.7 Å². The fourth-order valence-electron chi connectivity index (χ4n) is 3.04. The number of nitrogens with zero attached hydrogens (tertiary/aromatic N) is 1. The maximum atomic E-state index is 12.4. The topological polar surface area (TPSA) is 86.7 Å². The van der Waals surface area contributed by atoms with Crippen LogP contribution in [0.3, 0.4) is 0 Å². The number of carboxylic acids is 1. The first-order chi connectivity index (χ1) is 12.7. The molecule has 1 atom stereocenters. The van der Waals surface area contributed by atoms with E-state index in [9.17, 15) is 14.4 Å². The van der Waals surface area contributed by atoms with E-state index >= 15 is 0 Å². The van der Waals surface area contributed by atoms with Gasteiger partial charge in [0.2, 0.25) is 11.8 Å². The molecule has 0 bridgehead atoms. The van der Waals surface area contributed by atoms with E-state index in [-0.39, 0.29) is 17.7 Å². The Morgan fingerprint density at radius 2 is 1.85 bits per heavy atom. The monoisotopic (exact) mass is 392 g/mol. The molecule has 1 heterocycles. The van der Waals surface area contributed by atoms with Gasteiger partial charge in [-0.25, -0.2) is 0 Å². The average Bonchev–Trinajstić information content (AvgIpc) is 2.63. The van der Waals surface area contributed by atoms with Crippen molar-refractivity contribution in [3.63, 3.8) is 0 Å². The molecule has 1 saturated heterocycles. The first-order valence-corrected chi connectivity index (χ1v) is 9.33. The van der Waals surface area contributed by atoms with E-state index in [0.29, 0.717) is 31.0 Å². The highest BCUT2D eigenvalue weighted by Crippen LogP contribution is 2.22. The largest absolute Gasteiger partial charge is 0.480 e. The molecule has 7 heteroatoms. The van der Waals surface area contributed by atoms with Crippen molar-refractivity contribution in [2.45, 2.75) is 39.7 Å². The van der Waals surface area contributed by atoms with Crippen LogP contribution < -0.4 is 5.32 Å². The molecule has 1 fully saturated rings. The molecule has 27 heavy (non-hydrogen) atoms. The number of aryl methyl sites for hydroxylation is 2. The Kier molecular flexibility index (Phi) is 7.02. The van der Waals surface area contributed by atoms with Crippen LogP contribution in [0.15, 0.2) is 18.2 Å². The van der Waals surface area contributed by atoms with Crippen LogP contribution in [-0.4, -0.2) is 46.9 Å². The third-order valence-corrected chi connectivity index (χ3v) is 5.27. The number of hydrogen-bond donors (Lipinski definition) is 2. The van der Waals surface area contributed by atoms with Crippen LogP contribution in [0.2, 0.25) is 5.02 Å². The molecule has 0 aliphatic carbocycles. The van der Waals surface area contributed by atoms with Gasteiger partial charge in [0.05, 0.1) is 0 Å². The number of halogens is 1. The van der Waals surface area contributed by atoms with Crippen LogP contribution in [0.5, 0.6) is 0 Å². The number of likely N-dealkylation sites (tertiary alicyclic amines) is 1. The lowest BCUT2D eigenvalue weighted by molar-refractivity contribution is -0.142. The molecule has 2 amide bonds. The second-order valence-electron chi connectivity index (χ2n) is 6.96. The summed E-state index contributed by atoms with van der Waals surface area (Å²) in [5, 5.41) is 12.0. The molecule has 2 rings (SSSR count). The SMILES string of the molecule is Cc1cc(C)c(/C=C/C(=O)N2CCC(C(=O)N[C@@H](C)C(=O)O)CC2)cc1Cl. The quantitative estimate of drug-likeness (QED) is 0.754. The number of hydrogen-bond acceptors (Lipinski definition) is 3. The van der Waals surface area contributed by atoms with Crippen molar-refractivity contribution in [3.05, 3.63) is 39.9 Å². The molecule has 1 aliphatic rings.